The van der Waals surface area contributed by atoms with E-state index in [1.165, 1.54) is 5.56 Å². The van der Waals surface area contributed by atoms with E-state index in [2.05, 4.69) is 39.1 Å². The van der Waals surface area contributed by atoms with Crippen LogP contribution in [0.15, 0.2) is 29.1 Å². The molecule has 0 aliphatic carbocycles. The summed E-state index contributed by atoms with van der Waals surface area (Å²) in [7, 11) is 1.92. The molecule has 2 aromatic heterocycles. The molecule has 7 heteroatoms. The maximum atomic E-state index is 12.3. The van der Waals surface area contributed by atoms with Crippen molar-refractivity contribution in [1.82, 2.24) is 24.9 Å². The zero-order chi connectivity index (χ0) is 16.9. The molecule has 2 aromatic rings. The van der Waals surface area contributed by atoms with Crippen molar-refractivity contribution in [2.75, 3.05) is 32.7 Å². The van der Waals surface area contributed by atoms with Crippen LogP contribution in [0.25, 0.3) is 0 Å². The molecule has 0 radical (unpaired) electrons. The van der Waals surface area contributed by atoms with Crippen LogP contribution in [-0.4, -0.2) is 58.3 Å². The molecule has 0 aromatic carbocycles. The third-order valence-electron chi connectivity index (χ3n) is 4.75. The summed E-state index contributed by atoms with van der Waals surface area (Å²) in [6.07, 6.45) is 2.59. The van der Waals surface area contributed by atoms with Crippen molar-refractivity contribution in [3.05, 3.63) is 40.3 Å². The van der Waals surface area contributed by atoms with Crippen LogP contribution in [0.5, 0.6) is 0 Å². The van der Waals surface area contributed by atoms with Gasteiger partial charge in [-0.3, -0.25) is 9.58 Å². The number of carbonyl (C=O) groups excluding carboxylic acids is 1. The molecular weight excluding hydrogens is 322 g/mol. The number of hydrogen-bond donors (Lipinski definition) is 1. The van der Waals surface area contributed by atoms with Gasteiger partial charge in [0.2, 0.25) is 0 Å². The first kappa shape index (κ1) is 17.0. The van der Waals surface area contributed by atoms with Crippen molar-refractivity contribution in [2.45, 2.75) is 19.4 Å². The van der Waals surface area contributed by atoms with E-state index < -0.39 is 0 Å². The highest BCUT2D eigenvalue weighted by molar-refractivity contribution is 7.07. The second kappa shape index (κ2) is 7.81. The van der Waals surface area contributed by atoms with Crippen LogP contribution >= 0.6 is 11.3 Å². The van der Waals surface area contributed by atoms with E-state index in [1.807, 2.05) is 22.7 Å². The van der Waals surface area contributed by atoms with Crippen molar-refractivity contribution in [1.29, 1.82) is 0 Å². The number of carbonyl (C=O) groups is 1. The predicted molar refractivity (Wildman–Crippen MR) is 96.2 cm³/mol. The Morgan fingerprint density at radius 2 is 2.12 bits per heavy atom. The SMILES string of the molecule is C[C@@H](c1ccsc1)N1CCN(C(=O)NCCc2ccnn2C)CC1. The van der Waals surface area contributed by atoms with Crippen LogP contribution in [-0.2, 0) is 13.5 Å². The molecule has 130 valence electrons. The molecule has 1 N–H and O–H groups in total. The van der Waals surface area contributed by atoms with E-state index in [4.69, 9.17) is 0 Å². The van der Waals surface area contributed by atoms with E-state index in [-0.39, 0.29) is 6.03 Å². The number of rotatable bonds is 5. The van der Waals surface area contributed by atoms with Gasteiger partial charge in [-0.15, -0.1) is 0 Å². The zero-order valence-corrected chi connectivity index (χ0v) is 15.1. The number of aromatic nitrogens is 2. The van der Waals surface area contributed by atoms with Gasteiger partial charge in [-0.05, 0) is 35.4 Å². The monoisotopic (exact) mass is 347 g/mol. The minimum Gasteiger partial charge on any atom is -0.338 e. The van der Waals surface area contributed by atoms with Gasteiger partial charge in [0.25, 0.3) is 0 Å². The van der Waals surface area contributed by atoms with Crippen molar-refractivity contribution in [2.24, 2.45) is 7.05 Å². The Morgan fingerprint density at radius 1 is 1.33 bits per heavy atom. The molecule has 1 fully saturated rings. The predicted octanol–water partition coefficient (Wildman–Crippen LogP) is 2.11. The highest BCUT2D eigenvalue weighted by Gasteiger charge is 2.24. The third kappa shape index (κ3) is 3.96. The average molecular weight is 347 g/mol. The molecule has 0 bridgehead atoms. The number of nitrogens with one attached hydrogen (secondary N) is 1. The molecule has 3 heterocycles. The Bertz CT molecular complexity index is 646. The van der Waals surface area contributed by atoms with Crippen molar-refractivity contribution in [3.63, 3.8) is 0 Å². The van der Waals surface area contributed by atoms with Crippen molar-refractivity contribution >= 4 is 17.4 Å². The fraction of sp³-hybridized carbons (Fsp3) is 0.529. The van der Waals surface area contributed by atoms with Crippen LogP contribution in [0.1, 0.15) is 24.2 Å². The first-order chi connectivity index (χ1) is 11.6. The Labute approximate surface area is 147 Å². The number of aryl methyl sites for hydroxylation is 1. The van der Waals surface area contributed by atoms with Gasteiger partial charge < -0.3 is 10.2 Å². The minimum atomic E-state index is 0.0417. The standard InChI is InChI=1S/C17H25N5OS/c1-14(15-5-12-24-13-15)21-8-10-22(11-9-21)17(23)18-6-3-16-4-7-19-20(16)2/h4-5,7,12-14H,3,6,8-11H2,1-2H3,(H,18,23)/t14-/m0/s1. The molecule has 3 rings (SSSR count). The van der Waals surface area contributed by atoms with Gasteiger partial charge in [-0.1, -0.05) is 0 Å². The van der Waals surface area contributed by atoms with E-state index in [0.717, 1.165) is 38.3 Å². The summed E-state index contributed by atoms with van der Waals surface area (Å²) in [5.41, 5.74) is 2.50. The Kier molecular flexibility index (Phi) is 5.52. The number of amides is 2. The van der Waals surface area contributed by atoms with E-state index in [9.17, 15) is 4.79 Å². The fourth-order valence-corrected chi connectivity index (χ4v) is 3.84. The smallest absolute Gasteiger partial charge is 0.317 e. The molecular formula is C17H25N5OS. The lowest BCUT2D eigenvalue weighted by Crippen LogP contribution is -2.52. The van der Waals surface area contributed by atoms with Crippen LogP contribution < -0.4 is 5.32 Å². The number of hydrogen-bond acceptors (Lipinski definition) is 4. The van der Waals surface area contributed by atoms with Gasteiger partial charge >= 0.3 is 6.03 Å². The molecule has 24 heavy (non-hydrogen) atoms. The third-order valence-corrected chi connectivity index (χ3v) is 5.46. The first-order valence-corrected chi connectivity index (χ1v) is 9.35. The zero-order valence-electron chi connectivity index (χ0n) is 14.3. The summed E-state index contributed by atoms with van der Waals surface area (Å²) >= 11 is 1.74. The molecule has 0 saturated carbocycles. The molecule has 1 saturated heterocycles. The second-order valence-electron chi connectivity index (χ2n) is 6.18. The quantitative estimate of drug-likeness (QED) is 0.901. The summed E-state index contributed by atoms with van der Waals surface area (Å²) in [4.78, 5) is 16.7. The number of nitrogens with zero attached hydrogens (tertiary/aromatic N) is 4. The summed E-state index contributed by atoms with van der Waals surface area (Å²) < 4.78 is 1.84. The van der Waals surface area contributed by atoms with Gasteiger partial charge in [0.1, 0.15) is 0 Å². The van der Waals surface area contributed by atoms with Gasteiger partial charge in [-0.2, -0.15) is 16.4 Å². The molecule has 2 amide bonds. The molecule has 0 unspecified atom stereocenters. The van der Waals surface area contributed by atoms with Crippen LogP contribution in [0.3, 0.4) is 0 Å². The molecule has 6 nitrogen and oxygen atoms in total. The largest absolute Gasteiger partial charge is 0.338 e. The number of thiophene rings is 1. The summed E-state index contributed by atoms with van der Waals surface area (Å²) in [6, 6.07) is 4.63. The molecule has 0 spiro atoms. The Hall–Kier alpha value is -1.86. The van der Waals surface area contributed by atoms with E-state index >= 15 is 0 Å². The van der Waals surface area contributed by atoms with Crippen molar-refractivity contribution in [3.8, 4) is 0 Å². The maximum absolute atomic E-state index is 12.3. The lowest BCUT2D eigenvalue weighted by Gasteiger charge is -2.37. The maximum Gasteiger partial charge on any atom is 0.317 e. The molecule has 1 aliphatic heterocycles. The number of piperazine rings is 1. The Balaban J connectivity index is 1.41. The van der Waals surface area contributed by atoms with Crippen LogP contribution in [0.2, 0.25) is 0 Å². The fourth-order valence-electron chi connectivity index (χ4n) is 3.09. The van der Waals surface area contributed by atoms with Gasteiger partial charge in [0.05, 0.1) is 0 Å². The minimum absolute atomic E-state index is 0.0417. The van der Waals surface area contributed by atoms with E-state index in [0.29, 0.717) is 12.6 Å². The topological polar surface area (TPSA) is 53.4 Å². The summed E-state index contributed by atoms with van der Waals surface area (Å²) in [5.74, 6) is 0. The van der Waals surface area contributed by atoms with Crippen molar-refractivity contribution < 1.29 is 4.79 Å². The Morgan fingerprint density at radius 3 is 2.75 bits per heavy atom. The van der Waals surface area contributed by atoms with E-state index in [1.54, 1.807) is 17.5 Å². The highest BCUT2D eigenvalue weighted by atomic mass is 32.1. The normalized spacial score (nSPS) is 17.0. The van der Waals surface area contributed by atoms with Gasteiger partial charge in [0.15, 0.2) is 0 Å². The lowest BCUT2D eigenvalue weighted by atomic mass is 10.1. The molecule has 1 aliphatic rings. The van der Waals surface area contributed by atoms with Crippen LogP contribution in [0.4, 0.5) is 4.79 Å². The summed E-state index contributed by atoms with van der Waals surface area (Å²) in [6.45, 7) is 6.30. The lowest BCUT2D eigenvalue weighted by molar-refractivity contribution is 0.114. The van der Waals surface area contributed by atoms with Gasteiger partial charge in [0, 0.05) is 64.1 Å². The summed E-state index contributed by atoms with van der Waals surface area (Å²) in [5, 5.41) is 11.5. The molecule has 1 atom stereocenters. The average Bonchev–Trinajstić information content (AvgIpc) is 3.26. The van der Waals surface area contributed by atoms with Gasteiger partial charge in [-0.25, -0.2) is 4.79 Å². The second-order valence-corrected chi connectivity index (χ2v) is 6.96. The van der Waals surface area contributed by atoms with Crippen LogP contribution in [0, 0.1) is 0 Å². The first-order valence-electron chi connectivity index (χ1n) is 8.41. The number of urea groups is 1. The highest BCUT2D eigenvalue weighted by Crippen LogP contribution is 2.23.